The number of carbonyl (C=O) groups is 1. The van der Waals surface area contributed by atoms with E-state index < -0.39 is 11.7 Å². The molecule has 2 rings (SSSR count). The number of hydrogen-bond donors (Lipinski definition) is 2. The highest BCUT2D eigenvalue weighted by Crippen LogP contribution is 2.24. The standard InChI is InChI=1S/C14H12ClFN2O2/c1-20-9-3-4-10(11(16)7-9)14(19)18-13-5-2-8(15)6-12(13)17/h2-7H,17H2,1H3,(H,18,19). The lowest BCUT2D eigenvalue weighted by Crippen LogP contribution is -2.14. The maximum absolute atomic E-state index is 13.8. The second-order valence-corrected chi connectivity index (χ2v) is 4.47. The first-order chi connectivity index (χ1) is 9.51. The molecule has 0 saturated carbocycles. The van der Waals surface area contributed by atoms with E-state index in [4.69, 9.17) is 22.1 Å². The number of halogens is 2. The molecule has 0 aliphatic rings. The SMILES string of the molecule is COc1ccc(C(=O)Nc2ccc(Cl)cc2N)c(F)c1. The van der Waals surface area contributed by atoms with Crippen LogP contribution in [0.5, 0.6) is 5.75 Å². The minimum atomic E-state index is -0.672. The molecule has 1 amide bonds. The van der Waals surface area contributed by atoms with Gasteiger partial charge in [-0.05, 0) is 30.3 Å². The van der Waals surface area contributed by atoms with Crippen LogP contribution < -0.4 is 15.8 Å². The molecular weight excluding hydrogens is 283 g/mol. The second kappa shape index (κ2) is 5.79. The summed E-state index contributed by atoms with van der Waals surface area (Å²) in [7, 11) is 1.42. The number of nitrogen functional groups attached to an aromatic ring is 1. The topological polar surface area (TPSA) is 64.3 Å². The molecule has 20 heavy (non-hydrogen) atoms. The molecule has 0 aromatic heterocycles. The van der Waals surface area contributed by atoms with Gasteiger partial charge in [0, 0.05) is 11.1 Å². The Labute approximate surface area is 120 Å². The quantitative estimate of drug-likeness (QED) is 0.854. The lowest BCUT2D eigenvalue weighted by Gasteiger charge is -2.09. The Bertz CT molecular complexity index is 662. The summed E-state index contributed by atoms with van der Waals surface area (Å²) in [6, 6.07) is 8.62. The Balaban J connectivity index is 2.24. The van der Waals surface area contributed by atoms with Gasteiger partial charge in [-0.3, -0.25) is 4.79 Å². The van der Waals surface area contributed by atoms with Crippen LogP contribution in [0.2, 0.25) is 5.02 Å². The molecule has 0 radical (unpaired) electrons. The Morgan fingerprint density at radius 2 is 2.05 bits per heavy atom. The smallest absolute Gasteiger partial charge is 0.258 e. The lowest BCUT2D eigenvalue weighted by atomic mass is 10.1. The Kier molecular flexibility index (Phi) is 4.10. The molecule has 3 N–H and O–H groups in total. The van der Waals surface area contributed by atoms with Gasteiger partial charge in [0.1, 0.15) is 11.6 Å². The van der Waals surface area contributed by atoms with Crippen LogP contribution in [0.4, 0.5) is 15.8 Å². The average molecular weight is 295 g/mol. The Morgan fingerprint density at radius 3 is 2.65 bits per heavy atom. The first-order valence-electron chi connectivity index (χ1n) is 5.71. The number of anilines is 2. The van der Waals surface area contributed by atoms with Gasteiger partial charge < -0.3 is 15.8 Å². The van der Waals surface area contributed by atoms with Crippen LogP contribution in [0.3, 0.4) is 0 Å². The summed E-state index contributed by atoms with van der Waals surface area (Å²) in [5.74, 6) is -0.932. The summed E-state index contributed by atoms with van der Waals surface area (Å²) in [6.45, 7) is 0. The van der Waals surface area contributed by atoms with Crippen molar-refractivity contribution < 1.29 is 13.9 Å². The third-order valence-corrected chi connectivity index (χ3v) is 2.92. The average Bonchev–Trinajstić information content (AvgIpc) is 2.41. The van der Waals surface area contributed by atoms with Gasteiger partial charge in [0.05, 0.1) is 24.0 Å². The van der Waals surface area contributed by atoms with Crippen LogP contribution in [0.15, 0.2) is 36.4 Å². The number of carbonyl (C=O) groups excluding carboxylic acids is 1. The third kappa shape index (κ3) is 3.00. The van der Waals surface area contributed by atoms with E-state index in [0.29, 0.717) is 22.1 Å². The van der Waals surface area contributed by atoms with Crippen molar-refractivity contribution in [3.8, 4) is 5.75 Å². The van der Waals surface area contributed by atoms with Gasteiger partial charge in [0.15, 0.2) is 0 Å². The van der Waals surface area contributed by atoms with Crippen molar-refractivity contribution in [3.05, 3.63) is 52.8 Å². The van der Waals surface area contributed by atoms with Crippen molar-refractivity contribution in [2.24, 2.45) is 0 Å². The fraction of sp³-hybridized carbons (Fsp3) is 0.0714. The zero-order valence-electron chi connectivity index (χ0n) is 10.6. The van der Waals surface area contributed by atoms with Crippen molar-refractivity contribution in [2.75, 3.05) is 18.2 Å². The fourth-order valence-electron chi connectivity index (χ4n) is 1.64. The van der Waals surface area contributed by atoms with Crippen molar-refractivity contribution in [3.63, 3.8) is 0 Å². The van der Waals surface area contributed by atoms with Crippen LogP contribution in [0, 0.1) is 5.82 Å². The Morgan fingerprint density at radius 1 is 1.30 bits per heavy atom. The molecule has 2 aromatic rings. The number of hydrogen-bond acceptors (Lipinski definition) is 3. The molecule has 0 saturated heterocycles. The van der Waals surface area contributed by atoms with Crippen molar-refractivity contribution in [1.82, 2.24) is 0 Å². The van der Waals surface area contributed by atoms with Gasteiger partial charge >= 0.3 is 0 Å². The maximum atomic E-state index is 13.8. The van der Waals surface area contributed by atoms with Crippen LogP contribution in [-0.2, 0) is 0 Å². The second-order valence-electron chi connectivity index (χ2n) is 4.03. The number of methoxy groups -OCH3 is 1. The molecule has 0 heterocycles. The van der Waals surface area contributed by atoms with Gasteiger partial charge in [-0.1, -0.05) is 11.6 Å². The molecular formula is C14H12ClFN2O2. The molecule has 4 nitrogen and oxygen atoms in total. The Hall–Kier alpha value is -2.27. The minimum absolute atomic E-state index is 0.0971. The number of ether oxygens (including phenoxy) is 1. The normalized spacial score (nSPS) is 10.2. The zero-order valence-corrected chi connectivity index (χ0v) is 11.4. The molecule has 0 aliphatic carbocycles. The summed E-state index contributed by atoms with van der Waals surface area (Å²) in [4.78, 5) is 12.0. The van der Waals surface area contributed by atoms with Crippen LogP contribution in [0.25, 0.3) is 0 Å². The number of benzene rings is 2. The summed E-state index contributed by atoms with van der Waals surface area (Å²) in [6.07, 6.45) is 0. The van der Waals surface area contributed by atoms with E-state index in [1.165, 1.54) is 25.3 Å². The molecule has 0 fully saturated rings. The van der Waals surface area contributed by atoms with Gasteiger partial charge in [-0.2, -0.15) is 0 Å². The largest absolute Gasteiger partial charge is 0.497 e. The summed E-state index contributed by atoms with van der Waals surface area (Å²) in [5, 5.41) is 2.98. The van der Waals surface area contributed by atoms with Gasteiger partial charge in [-0.15, -0.1) is 0 Å². The molecule has 2 aromatic carbocycles. The van der Waals surface area contributed by atoms with E-state index in [1.807, 2.05) is 0 Å². The highest BCUT2D eigenvalue weighted by molar-refractivity contribution is 6.31. The number of rotatable bonds is 3. The predicted octanol–water partition coefficient (Wildman–Crippen LogP) is 3.32. The van der Waals surface area contributed by atoms with Crippen molar-refractivity contribution >= 4 is 28.9 Å². The zero-order chi connectivity index (χ0) is 14.7. The van der Waals surface area contributed by atoms with Crippen molar-refractivity contribution in [1.29, 1.82) is 0 Å². The molecule has 104 valence electrons. The highest BCUT2D eigenvalue weighted by Gasteiger charge is 2.14. The molecule has 6 heteroatoms. The first-order valence-corrected chi connectivity index (χ1v) is 6.09. The molecule has 0 bridgehead atoms. The maximum Gasteiger partial charge on any atom is 0.258 e. The van der Waals surface area contributed by atoms with E-state index in [-0.39, 0.29) is 5.56 Å². The van der Waals surface area contributed by atoms with Crippen LogP contribution in [0.1, 0.15) is 10.4 Å². The van der Waals surface area contributed by atoms with E-state index >= 15 is 0 Å². The molecule has 0 atom stereocenters. The number of nitrogens with one attached hydrogen (secondary N) is 1. The van der Waals surface area contributed by atoms with Gasteiger partial charge in [0.2, 0.25) is 0 Å². The van der Waals surface area contributed by atoms with Crippen LogP contribution in [-0.4, -0.2) is 13.0 Å². The van der Waals surface area contributed by atoms with Gasteiger partial charge in [-0.25, -0.2) is 4.39 Å². The monoisotopic (exact) mass is 294 g/mol. The first kappa shape index (κ1) is 14.1. The van der Waals surface area contributed by atoms with E-state index in [9.17, 15) is 9.18 Å². The molecule has 0 aliphatic heterocycles. The molecule has 0 unspecified atom stereocenters. The summed E-state index contributed by atoms with van der Waals surface area (Å²) in [5.41, 5.74) is 6.30. The number of nitrogens with two attached hydrogens (primary N) is 1. The lowest BCUT2D eigenvalue weighted by molar-refractivity contribution is 0.102. The summed E-state index contributed by atoms with van der Waals surface area (Å²) < 4.78 is 18.6. The van der Waals surface area contributed by atoms with E-state index in [1.54, 1.807) is 12.1 Å². The predicted molar refractivity (Wildman–Crippen MR) is 76.8 cm³/mol. The number of amides is 1. The van der Waals surface area contributed by atoms with E-state index in [0.717, 1.165) is 6.07 Å². The minimum Gasteiger partial charge on any atom is -0.497 e. The van der Waals surface area contributed by atoms with Crippen molar-refractivity contribution in [2.45, 2.75) is 0 Å². The third-order valence-electron chi connectivity index (χ3n) is 2.68. The fourth-order valence-corrected chi connectivity index (χ4v) is 1.82. The van der Waals surface area contributed by atoms with Gasteiger partial charge in [0.25, 0.3) is 5.91 Å². The summed E-state index contributed by atoms with van der Waals surface area (Å²) >= 11 is 5.76. The van der Waals surface area contributed by atoms with Crippen LogP contribution >= 0.6 is 11.6 Å². The van der Waals surface area contributed by atoms with E-state index in [2.05, 4.69) is 5.32 Å². The highest BCUT2D eigenvalue weighted by atomic mass is 35.5. The molecule has 0 spiro atoms.